The summed E-state index contributed by atoms with van der Waals surface area (Å²) in [5.74, 6) is 0.415. The van der Waals surface area contributed by atoms with Crippen molar-refractivity contribution in [3.63, 3.8) is 0 Å². The van der Waals surface area contributed by atoms with Crippen LogP contribution < -0.4 is 10.1 Å². The molecule has 180 valence electrons. The van der Waals surface area contributed by atoms with Gasteiger partial charge in [-0.2, -0.15) is 0 Å². The third kappa shape index (κ3) is 7.90. The van der Waals surface area contributed by atoms with Gasteiger partial charge < -0.3 is 15.0 Å². The molecule has 0 spiro atoms. The molecule has 0 bridgehead atoms. The fourth-order valence-corrected chi connectivity index (χ4v) is 4.33. The number of hydrogen-bond acceptors (Lipinski definition) is 3. The average Bonchev–Trinajstić information content (AvgIpc) is 2.73. The molecule has 0 saturated carbocycles. The average molecular weight is 558 g/mol. The Kier molecular flexibility index (Phi) is 10.5. The van der Waals surface area contributed by atoms with E-state index in [2.05, 4.69) is 35.1 Å². The number of carbonyl (C=O) groups is 2. The van der Waals surface area contributed by atoms with Gasteiger partial charge in [-0.05, 0) is 77.5 Å². The van der Waals surface area contributed by atoms with Crippen molar-refractivity contribution in [2.45, 2.75) is 65.6 Å². The molecule has 33 heavy (non-hydrogen) atoms. The molecule has 0 fully saturated rings. The summed E-state index contributed by atoms with van der Waals surface area (Å²) in [6.07, 6.45) is 0.447. The fourth-order valence-electron chi connectivity index (χ4n) is 3.35. The van der Waals surface area contributed by atoms with Gasteiger partial charge in [-0.25, -0.2) is 0 Å². The zero-order valence-electron chi connectivity index (χ0n) is 19.6. The molecule has 0 aliphatic rings. The Morgan fingerprint density at radius 3 is 2.33 bits per heavy atom. The maximum Gasteiger partial charge on any atom is 0.261 e. The minimum Gasteiger partial charge on any atom is -0.483 e. The summed E-state index contributed by atoms with van der Waals surface area (Å²) < 4.78 is 6.61. The second-order valence-corrected chi connectivity index (χ2v) is 10.2. The van der Waals surface area contributed by atoms with Crippen molar-refractivity contribution in [3.05, 3.63) is 62.0 Å². The normalized spacial score (nSPS) is 12.1. The molecule has 0 unspecified atom stereocenters. The Balaban J connectivity index is 2.27. The van der Waals surface area contributed by atoms with Crippen LogP contribution >= 0.6 is 39.1 Å². The van der Waals surface area contributed by atoms with E-state index in [1.54, 1.807) is 18.2 Å². The Bertz CT molecular complexity index is 982. The highest BCUT2D eigenvalue weighted by atomic mass is 79.9. The predicted octanol–water partition coefficient (Wildman–Crippen LogP) is 6.59. The van der Waals surface area contributed by atoms with Crippen LogP contribution in [0.5, 0.6) is 5.75 Å². The number of rotatable bonds is 10. The van der Waals surface area contributed by atoms with Gasteiger partial charge in [0.05, 0.1) is 4.47 Å². The lowest BCUT2D eigenvalue weighted by Gasteiger charge is -2.31. The van der Waals surface area contributed by atoms with Crippen LogP contribution in [0.15, 0.2) is 40.9 Å². The lowest BCUT2D eigenvalue weighted by atomic mass is 10.0. The molecular formula is C25H31BrCl2N2O3. The number of carbonyl (C=O) groups excluding carboxylic acids is 2. The number of ether oxygens (including phenoxy) is 1. The zero-order valence-corrected chi connectivity index (χ0v) is 22.7. The molecule has 0 saturated heterocycles. The van der Waals surface area contributed by atoms with Crippen molar-refractivity contribution >= 4 is 50.9 Å². The van der Waals surface area contributed by atoms with E-state index in [0.29, 0.717) is 33.7 Å². The summed E-state index contributed by atoms with van der Waals surface area (Å²) in [5, 5.41) is 3.84. The molecule has 0 heterocycles. The molecule has 0 aromatic heterocycles. The van der Waals surface area contributed by atoms with Gasteiger partial charge in [0.15, 0.2) is 6.61 Å². The number of nitrogens with one attached hydrogen (secondary N) is 1. The second-order valence-electron chi connectivity index (χ2n) is 8.48. The maximum absolute atomic E-state index is 13.3. The Labute approximate surface area is 214 Å². The zero-order chi connectivity index (χ0) is 24.7. The molecule has 2 aromatic carbocycles. The second kappa shape index (κ2) is 12.6. The van der Waals surface area contributed by atoms with Gasteiger partial charge in [-0.3, -0.25) is 9.59 Å². The first-order valence-corrected chi connectivity index (χ1v) is 12.5. The van der Waals surface area contributed by atoms with E-state index in [1.807, 2.05) is 39.0 Å². The Morgan fingerprint density at radius 2 is 1.79 bits per heavy atom. The SMILES string of the molecule is CC[C@@H](C(=O)NC(C)C)N(Cc1ccc(Cl)cc1Cl)C(=O)COc1ccc(C(C)C)cc1Br. The van der Waals surface area contributed by atoms with E-state index in [1.165, 1.54) is 4.90 Å². The van der Waals surface area contributed by atoms with E-state index >= 15 is 0 Å². The first-order valence-electron chi connectivity index (χ1n) is 11.0. The van der Waals surface area contributed by atoms with E-state index in [4.69, 9.17) is 27.9 Å². The Hall–Kier alpha value is -1.76. The summed E-state index contributed by atoms with van der Waals surface area (Å²) in [4.78, 5) is 27.7. The first-order chi connectivity index (χ1) is 15.5. The predicted molar refractivity (Wildman–Crippen MR) is 138 cm³/mol. The monoisotopic (exact) mass is 556 g/mol. The Morgan fingerprint density at radius 1 is 1.09 bits per heavy atom. The number of amides is 2. The lowest BCUT2D eigenvalue weighted by molar-refractivity contribution is -0.143. The van der Waals surface area contributed by atoms with Crippen LogP contribution in [0, 0.1) is 0 Å². The van der Waals surface area contributed by atoms with Gasteiger partial charge in [0.2, 0.25) is 5.91 Å². The van der Waals surface area contributed by atoms with Crippen molar-refractivity contribution in [1.82, 2.24) is 10.2 Å². The van der Waals surface area contributed by atoms with Gasteiger partial charge in [0, 0.05) is 22.6 Å². The van der Waals surface area contributed by atoms with Crippen molar-refractivity contribution in [2.24, 2.45) is 0 Å². The highest BCUT2D eigenvalue weighted by Crippen LogP contribution is 2.29. The van der Waals surface area contributed by atoms with E-state index in [-0.39, 0.29) is 31.0 Å². The van der Waals surface area contributed by atoms with Gasteiger partial charge in [0.25, 0.3) is 5.91 Å². The van der Waals surface area contributed by atoms with Gasteiger partial charge in [-0.15, -0.1) is 0 Å². The van der Waals surface area contributed by atoms with Crippen LogP contribution in [0.2, 0.25) is 10.0 Å². The highest BCUT2D eigenvalue weighted by Gasteiger charge is 2.30. The van der Waals surface area contributed by atoms with Crippen LogP contribution in [0.1, 0.15) is 58.1 Å². The van der Waals surface area contributed by atoms with Crippen LogP contribution in [-0.2, 0) is 16.1 Å². The summed E-state index contributed by atoms with van der Waals surface area (Å²) >= 11 is 15.9. The van der Waals surface area contributed by atoms with Crippen molar-refractivity contribution in [1.29, 1.82) is 0 Å². The van der Waals surface area contributed by atoms with Crippen molar-refractivity contribution < 1.29 is 14.3 Å². The quantitative estimate of drug-likeness (QED) is 0.358. The smallest absolute Gasteiger partial charge is 0.261 e. The van der Waals surface area contributed by atoms with Crippen LogP contribution in [-0.4, -0.2) is 35.4 Å². The highest BCUT2D eigenvalue weighted by molar-refractivity contribution is 9.10. The molecule has 1 atom stereocenters. The van der Waals surface area contributed by atoms with Gasteiger partial charge in [-0.1, -0.05) is 56.1 Å². The van der Waals surface area contributed by atoms with E-state index in [0.717, 1.165) is 10.0 Å². The molecule has 0 radical (unpaired) electrons. The molecule has 5 nitrogen and oxygen atoms in total. The summed E-state index contributed by atoms with van der Waals surface area (Å²) in [6, 6.07) is 10.2. The van der Waals surface area contributed by atoms with Crippen molar-refractivity contribution in [2.75, 3.05) is 6.61 Å². The van der Waals surface area contributed by atoms with Crippen LogP contribution in [0.3, 0.4) is 0 Å². The third-order valence-electron chi connectivity index (χ3n) is 5.15. The van der Waals surface area contributed by atoms with E-state index < -0.39 is 6.04 Å². The molecule has 2 amide bonds. The first kappa shape index (κ1) is 27.5. The van der Waals surface area contributed by atoms with Crippen LogP contribution in [0.25, 0.3) is 0 Å². The topological polar surface area (TPSA) is 58.6 Å². The molecular weight excluding hydrogens is 527 g/mol. The molecule has 2 aromatic rings. The molecule has 8 heteroatoms. The summed E-state index contributed by atoms with van der Waals surface area (Å²) in [6.45, 7) is 9.81. The van der Waals surface area contributed by atoms with Crippen molar-refractivity contribution in [3.8, 4) is 5.75 Å². The largest absolute Gasteiger partial charge is 0.483 e. The number of nitrogens with zero attached hydrogens (tertiary/aromatic N) is 1. The van der Waals surface area contributed by atoms with Gasteiger partial charge >= 0.3 is 0 Å². The van der Waals surface area contributed by atoms with Crippen LogP contribution in [0.4, 0.5) is 0 Å². The maximum atomic E-state index is 13.3. The standard InChI is InChI=1S/C25H31BrCl2N2O3/c1-6-22(25(32)29-16(4)5)30(13-18-7-9-19(27)12-21(18)28)24(31)14-33-23-10-8-17(15(2)3)11-20(23)26/h7-12,15-16,22H,6,13-14H2,1-5H3,(H,29,32)/t22-/m0/s1. The van der Waals surface area contributed by atoms with Gasteiger partial charge in [0.1, 0.15) is 11.8 Å². The minimum atomic E-state index is -0.665. The molecule has 0 aliphatic heterocycles. The molecule has 2 rings (SSSR count). The lowest BCUT2D eigenvalue weighted by Crippen LogP contribution is -2.51. The number of benzene rings is 2. The molecule has 1 N–H and O–H groups in total. The summed E-state index contributed by atoms with van der Waals surface area (Å²) in [5.41, 5.74) is 1.86. The van der Waals surface area contributed by atoms with E-state index in [9.17, 15) is 9.59 Å². The third-order valence-corrected chi connectivity index (χ3v) is 6.35. The number of hydrogen-bond donors (Lipinski definition) is 1. The molecule has 0 aliphatic carbocycles. The number of halogens is 3. The fraction of sp³-hybridized carbons (Fsp3) is 0.440. The summed E-state index contributed by atoms with van der Waals surface area (Å²) in [7, 11) is 0. The minimum absolute atomic E-state index is 0.0469.